The third-order valence-corrected chi connectivity index (χ3v) is 5.65. The number of hydrogen-bond donors (Lipinski definition) is 3. The first-order valence-electron chi connectivity index (χ1n) is 11.7. The van der Waals surface area contributed by atoms with Crippen molar-refractivity contribution in [3.05, 3.63) is 29.8 Å². The van der Waals surface area contributed by atoms with Gasteiger partial charge in [0, 0.05) is 6.04 Å². The fourth-order valence-corrected chi connectivity index (χ4v) is 3.94. The zero-order valence-corrected chi connectivity index (χ0v) is 22.3. The Bertz CT molecular complexity index is 879. The highest BCUT2D eigenvalue weighted by Crippen LogP contribution is 2.25. The Kier molecular flexibility index (Phi) is 12.4. The molecule has 0 aliphatic rings. The van der Waals surface area contributed by atoms with Crippen molar-refractivity contribution in [2.75, 3.05) is 18.6 Å². The number of aromatic hydroxyl groups is 1. The number of amides is 3. The molecule has 0 radical (unpaired) electrons. The van der Waals surface area contributed by atoms with Crippen molar-refractivity contribution in [2.24, 2.45) is 0 Å². The Morgan fingerprint density at radius 3 is 2.31 bits per heavy atom. The minimum Gasteiger partial charge on any atom is -0.508 e. The summed E-state index contributed by atoms with van der Waals surface area (Å²) in [7, 11) is 0. The average Bonchev–Trinajstić information content (AvgIpc) is 2.76. The lowest BCUT2D eigenvalue weighted by Gasteiger charge is -2.33. The number of ether oxygens (including phenoxy) is 1. The van der Waals surface area contributed by atoms with E-state index in [1.54, 1.807) is 32.9 Å². The molecule has 9 nitrogen and oxygen atoms in total. The lowest BCUT2D eigenvalue weighted by Crippen LogP contribution is -2.53. The normalized spacial score (nSPS) is 13.6. The van der Waals surface area contributed by atoms with Crippen LogP contribution in [0.2, 0.25) is 0 Å². The van der Waals surface area contributed by atoms with E-state index in [9.17, 15) is 24.8 Å². The number of hydrogen-bond acceptors (Lipinski definition) is 7. The van der Waals surface area contributed by atoms with Gasteiger partial charge in [0.25, 0.3) is 0 Å². The van der Waals surface area contributed by atoms with Crippen LogP contribution >= 0.6 is 11.8 Å². The molecule has 0 aliphatic heterocycles. The predicted octanol–water partition coefficient (Wildman–Crippen LogP) is 3.74. The van der Waals surface area contributed by atoms with Crippen LogP contribution in [0.4, 0.5) is 4.79 Å². The first kappa shape index (κ1) is 30.1. The van der Waals surface area contributed by atoms with Crippen molar-refractivity contribution in [3.8, 4) is 11.8 Å². The van der Waals surface area contributed by atoms with Crippen LogP contribution in [0.3, 0.4) is 0 Å². The predicted molar refractivity (Wildman–Crippen MR) is 137 cm³/mol. The topological polar surface area (TPSA) is 132 Å². The van der Waals surface area contributed by atoms with Crippen LogP contribution in [0, 0.1) is 11.3 Å². The summed E-state index contributed by atoms with van der Waals surface area (Å²) in [6.45, 7) is 8.66. The van der Waals surface area contributed by atoms with E-state index in [-0.39, 0.29) is 24.8 Å². The van der Waals surface area contributed by atoms with E-state index in [2.05, 4.69) is 10.6 Å². The Morgan fingerprint density at radius 1 is 1.17 bits per heavy atom. The molecule has 1 rings (SSSR count). The van der Waals surface area contributed by atoms with Crippen LogP contribution < -0.4 is 10.6 Å². The van der Waals surface area contributed by atoms with Gasteiger partial charge in [-0.1, -0.05) is 25.5 Å². The standard InChI is InChI=1S/C25H38N4O5S/c1-7-8-17(2)27-22(31)21(18-9-11-19(30)12-10-18)29(15-14-26)23(32)20(13-16-35-6)28-24(33)34-25(3,4)5/h9-12,17,20-21,30H,7-8,13,15-16H2,1-6H3,(H,27,31)(H,28,33). The number of nitriles is 1. The summed E-state index contributed by atoms with van der Waals surface area (Å²) in [5.41, 5.74) is -0.318. The Labute approximate surface area is 212 Å². The summed E-state index contributed by atoms with van der Waals surface area (Å²) >= 11 is 1.50. The summed E-state index contributed by atoms with van der Waals surface area (Å²) in [5, 5.41) is 24.8. The molecule has 35 heavy (non-hydrogen) atoms. The molecule has 1 aromatic rings. The monoisotopic (exact) mass is 506 g/mol. The highest BCUT2D eigenvalue weighted by Gasteiger charge is 2.36. The quantitative estimate of drug-likeness (QED) is 0.368. The summed E-state index contributed by atoms with van der Waals surface area (Å²) in [6, 6.07) is 5.64. The maximum Gasteiger partial charge on any atom is 0.408 e. The van der Waals surface area contributed by atoms with Gasteiger partial charge in [-0.3, -0.25) is 9.59 Å². The number of benzene rings is 1. The third kappa shape index (κ3) is 10.5. The number of carbonyl (C=O) groups excluding carboxylic acids is 3. The summed E-state index contributed by atoms with van der Waals surface area (Å²) in [5.74, 6) is -0.435. The second-order valence-electron chi connectivity index (χ2n) is 9.30. The Balaban J connectivity index is 3.39. The SMILES string of the molecule is CCCC(C)NC(=O)C(c1ccc(O)cc1)N(CC#N)C(=O)C(CCSC)NC(=O)OC(C)(C)C. The Morgan fingerprint density at radius 2 is 1.80 bits per heavy atom. The van der Waals surface area contributed by atoms with E-state index in [1.807, 2.05) is 26.2 Å². The number of alkyl carbamates (subject to hydrolysis) is 1. The minimum atomic E-state index is -1.13. The molecule has 10 heteroatoms. The maximum atomic E-state index is 13.7. The first-order chi connectivity index (χ1) is 16.4. The highest BCUT2D eigenvalue weighted by atomic mass is 32.2. The van der Waals surface area contributed by atoms with Crippen molar-refractivity contribution in [1.29, 1.82) is 5.26 Å². The van der Waals surface area contributed by atoms with E-state index in [1.165, 1.54) is 28.8 Å². The van der Waals surface area contributed by atoms with Crippen LogP contribution in [-0.2, 0) is 14.3 Å². The van der Waals surface area contributed by atoms with Crippen molar-refractivity contribution in [2.45, 2.75) is 77.6 Å². The molecule has 0 fully saturated rings. The van der Waals surface area contributed by atoms with Gasteiger partial charge in [-0.15, -0.1) is 0 Å². The fourth-order valence-electron chi connectivity index (χ4n) is 3.47. The second-order valence-corrected chi connectivity index (χ2v) is 10.3. The summed E-state index contributed by atoms with van der Waals surface area (Å²) in [6.07, 6.45) is 3.02. The lowest BCUT2D eigenvalue weighted by molar-refractivity contribution is -0.142. The van der Waals surface area contributed by atoms with E-state index in [0.717, 1.165) is 12.8 Å². The van der Waals surface area contributed by atoms with Crippen LogP contribution in [0.5, 0.6) is 5.75 Å². The molecular weight excluding hydrogens is 468 g/mol. The largest absolute Gasteiger partial charge is 0.508 e. The molecule has 0 heterocycles. The molecule has 0 saturated heterocycles. The summed E-state index contributed by atoms with van der Waals surface area (Å²) < 4.78 is 5.32. The van der Waals surface area contributed by atoms with E-state index >= 15 is 0 Å². The van der Waals surface area contributed by atoms with Crippen molar-refractivity contribution in [1.82, 2.24) is 15.5 Å². The van der Waals surface area contributed by atoms with Crippen molar-refractivity contribution < 1.29 is 24.2 Å². The van der Waals surface area contributed by atoms with Gasteiger partial charge < -0.3 is 25.4 Å². The van der Waals surface area contributed by atoms with Gasteiger partial charge in [0.15, 0.2) is 0 Å². The molecule has 0 bridgehead atoms. The van der Waals surface area contributed by atoms with Gasteiger partial charge in [-0.25, -0.2) is 4.79 Å². The molecule has 3 unspecified atom stereocenters. The number of phenols is 1. The molecule has 0 aromatic heterocycles. The zero-order valence-electron chi connectivity index (χ0n) is 21.5. The third-order valence-electron chi connectivity index (χ3n) is 5.00. The number of thioether (sulfide) groups is 1. The van der Waals surface area contributed by atoms with Crippen LogP contribution in [0.25, 0.3) is 0 Å². The number of nitrogens with zero attached hydrogens (tertiary/aromatic N) is 2. The van der Waals surface area contributed by atoms with Crippen LogP contribution in [0.15, 0.2) is 24.3 Å². The van der Waals surface area contributed by atoms with E-state index < -0.39 is 35.6 Å². The second kappa shape index (κ2) is 14.5. The molecule has 194 valence electrons. The molecule has 1 aromatic carbocycles. The maximum absolute atomic E-state index is 13.7. The number of nitrogens with one attached hydrogen (secondary N) is 2. The first-order valence-corrected chi connectivity index (χ1v) is 13.1. The molecular formula is C25H38N4O5S. The Hall–Kier alpha value is -2.93. The smallest absolute Gasteiger partial charge is 0.408 e. The van der Waals surface area contributed by atoms with Crippen molar-refractivity contribution in [3.63, 3.8) is 0 Å². The van der Waals surface area contributed by atoms with E-state index in [0.29, 0.717) is 11.3 Å². The number of carbonyl (C=O) groups is 3. The van der Waals surface area contributed by atoms with Gasteiger partial charge in [0.2, 0.25) is 11.8 Å². The van der Waals surface area contributed by atoms with E-state index in [4.69, 9.17) is 4.74 Å². The highest BCUT2D eigenvalue weighted by molar-refractivity contribution is 7.98. The van der Waals surface area contributed by atoms with Gasteiger partial charge in [-0.2, -0.15) is 17.0 Å². The van der Waals surface area contributed by atoms with Gasteiger partial charge >= 0.3 is 6.09 Å². The number of rotatable bonds is 12. The van der Waals surface area contributed by atoms with Crippen LogP contribution in [0.1, 0.15) is 65.5 Å². The molecule has 0 aliphatic carbocycles. The zero-order chi connectivity index (χ0) is 26.6. The van der Waals surface area contributed by atoms with Gasteiger partial charge in [0.05, 0.1) is 6.07 Å². The van der Waals surface area contributed by atoms with Crippen LogP contribution in [-0.4, -0.2) is 64.2 Å². The number of phenolic OH excluding ortho intramolecular Hbond substituents is 1. The fraction of sp³-hybridized carbons (Fsp3) is 0.600. The minimum absolute atomic E-state index is 0.00913. The lowest BCUT2D eigenvalue weighted by atomic mass is 10.0. The average molecular weight is 507 g/mol. The van der Waals surface area contributed by atoms with Crippen molar-refractivity contribution >= 4 is 29.7 Å². The molecule has 0 spiro atoms. The summed E-state index contributed by atoms with van der Waals surface area (Å²) in [4.78, 5) is 40.7. The van der Waals surface area contributed by atoms with Gasteiger partial charge in [0.1, 0.15) is 30.0 Å². The molecule has 3 amide bonds. The molecule has 0 saturated carbocycles. The molecule has 3 atom stereocenters. The van der Waals surface area contributed by atoms with Gasteiger partial charge in [-0.05, 0) is 70.2 Å². The molecule has 3 N–H and O–H groups in total.